The first-order valence-corrected chi connectivity index (χ1v) is 10.5. The second kappa shape index (κ2) is 8.13. The topological polar surface area (TPSA) is 53.9 Å². The van der Waals surface area contributed by atoms with E-state index in [2.05, 4.69) is 53.8 Å². The maximum atomic E-state index is 4.70. The summed E-state index contributed by atoms with van der Waals surface area (Å²) >= 11 is 6.98. The zero-order valence-corrected chi connectivity index (χ0v) is 16.7. The number of pyridine rings is 1. The molecule has 0 unspecified atom stereocenters. The maximum absolute atomic E-state index is 4.70. The Labute approximate surface area is 158 Å². The number of thiophene rings is 1. The molecular formula is C16H18BrN5S2. The van der Waals surface area contributed by atoms with Crippen molar-refractivity contribution < 1.29 is 0 Å². The van der Waals surface area contributed by atoms with Gasteiger partial charge in [0.1, 0.15) is 5.52 Å². The smallest absolute Gasteiger partial charge is 0.225 e. The van der Waals surface area contributed by atoms with Crippen LogP contribution in [-0.2, 0) is 6.54 Å². The lowest BCUT2D eigenvalue weighted by molar-refractivity contribution is 0.940. The minimum absolute atomic E-state index is 0.629. The number of nitrogens with zero attached hydrogens (tertiary/aromatic N) is 4. The molecular weight excluding hydrogens is 406 g/mol. The van der Waals surface area contributed by atoms with E-state index in [0.29, 0.717) is 12.5 Å². The number of halogens is 1. The monoisotopic (exact) mass is 423 g/mol. The van der Waals surface area contributed by atoms with Crippen molar-refractivity contribution >= 4 is 61.8 Å². The lowest BCUT2D eigenvalue weighted by Gasteiger charge is -2.19. The fraction of sp³-hybridized carbons (Fsp3) is 0.312. The highest BCUT2D eigenvalue weighted by atomic mass is 79.9. The Morgan fingerprint density at radius 3 is 3.00 bits per heavy atom. The Bertz CT molecular complexity index is 823. The van der Waals surface area contributed by atoms with E-state index in [1.54, 1.807) is 17.5 Å². The lowest BCUT2D eigenvalue weighted by atomic mass is 10.3. The number of aromatic nitrogens is 3. The molecule has 0 amide bonds. The Kier molecular flexibility index (Phi) is 5.91. The van der Waals surface area contributed by atoms with Crippen LogP contribution in [0.15, 0.2) is 33.6 Å². The molecule has 24 heavy (non-hydrogen) atoms. The van der Waals surface area contributed by atoms with Crippen molar-refractivity contribution in [1.82, 2.24) is 15.0 Å². The first-order chi connectivity index (χ1) is 11.7. The van der Waals surface area contributed by atoms with E-state index >= 15 is 0 Å². The van der Waals surface area contributed by atoms with E-state index in [4.69, 9.17) is 4.98 Å². The molecule has 0 saturated heterocycles. The highest BCUT2D eigenvalue weighted by Gasteiger charge is 2.12. The first-order valence-electron chi connectivity index (χ1n) is 7.47. The van der Waals surface area contributed by atoms with Crippen molar-refractivity contribution in [1.29, 1.82) is 0 Å². The van der Waals surface area contributed by atoms with Gasteiger partial charge in [-0.05, 0) is 51.3 Å². The third kappa shape index (κ3) is 4.17. The van der Waals surface area contributed by atoms with Crippen molar-refractivity contribution in [3.63, 3.8) is 0 Å². The van der Waals surface area contributed by atoms with Crippen LogP contribution in [0.1, 0.15) is 5.56 Å². The van der Waals surface area contributed by atoms with Gasteiger partial charge in [0.2, 0.25) is 5.95 Å². The molecule has 1 N–H and O–H groups in total. The lowest BCUT2D eigenvalue weighted by Crippen LogP contribution is -2.22. The number of hydrogen-bond donors (Lipinski definition) is 1. The van der Waals surface area contributed by atoms with Gasteiger partial charge in [-0.15, -0.1) is 11.3 Å². The van der Waals surface area contributed by atoms with Gasteiger partial charge in [0.25, 0.3) is 0 Å². The molecule has 0 bridgehead atoms. The van der Waals surface area contributed by atoms with E-state index in [1.807, 2.05) is 30.9 Å². The molecule has 3 aromatic rings. The Hall–Kier alpha value is -1.38. The molecule has 3 rings (SSSR count). The summed E-state index contributed by atoms with van der Waals surface area (Å²) in [6, 6.07) is 5.98. The summed E-state index contributed by atoms with van der Waals surface area (Å²) in [6.07, 6.45) is 3.89. The highest BCUT2D eigenvalue weighted by molar-refractivity contribution is 9.11. The van der Waals surface area contributed by atoms with Crippen LogP contribution in [0.5, 0.6) is 0 Å². The van der Waals surface area contributed by atoms with Crippen LogP contribution in [-0.4, -0.2) is 40.6 Å². The molecule has 5 nitrogen and oxygen atoms in total. The van der Waals surface area contributed by atoms with E-state index in [1.165, 1.54) is 5.56 Å². The van der Waals surface area contributed by atoms with Crippen LogP contribution in [0.4, 0.5) is 11.8 Å². The minimum atomic E-state index is 0.629. The van der Waals surface area contributed by atoms with Crippen molar-refractivity contribution in [2.45, 2.75) is 6.54 Å². The van der Waals surface area contributed by atoms with Crippen LogP contribution in [0.3, 0.4) is 0 Å². The van der Waals surface area contributed by atoms with Crippen molar-refractivity contribution in [2.75, 3.05) is 35.8 Å². The normalized spacial score (nSPS) is 11.0. The number of nitrogens with one attached hydrogen (secondary N) is 1. The quantitative estimate of drug-likeness (QED) is 0.612. The van der Waals surface area contributed by atoms with Gasteiger partial charge in [0.15, 0.2) is 5.82 Å². The number of fused-ring (bicyclic) bond motifs is 1. The molecule has 3 heterocycles. The van der Waals surface area contributed by atoms with Gasteiger partial charge >= 0.3 is 0 Å². The fourth-order valence-electron chi connectivity index (χ4n) is 2.25. The fourth-order valence-corrected chi connectivity index (χ4v) is 3.92. The molecule has 3 aromatic heterocycles. The van der Waals surface area contributed by atoms with Gasteiger partial charge < -0.3 is 10.2 Å². The van der Waals surface area contributed by atoms with Crippen LogP contribution in [0, 0.1) is 0 Å². The molecule has 0 aliphatic rings. The van der Waals surface area contributed by atoms with Crippen molar-refractivity contribution in [3.05, 3.63) is 39.1 Å². The Balaban J connectivity index is 1.87. The average molecular weight is 424 g/mol. The van der Waals surface area contributed by atoms with Crippen LogP contribution in [0.25, 0.3) is 11.0 Å². The van der Waals surface area contributed by atoms with E-state index in [-0.39, 0.29) is 0 Å². The third-order valence-electron chi connectivity index (χ3n) is 3.50. The summed E-state index contributed by atoms with van der Waals surface area (Å²) < 4.78 is 1.13. The zero-order valence-electron chi connectivity index (χ0n) is 13.5. The molecule has 0 aliphatic carbocycles. The molecule has 0 aromatic carbocycles. The average Bonchev–Trinajstić information content (AvgIpc) is 3.02. The molecule has 126 valence electrons. The van der Waals surface area contributed by atoms with Gasteiger partial charge in [0, 0.05) is 32.1 Å². The summed E-state index contributed by atoms with van der Waals surface area (Å²) in [5, 5.41) is 5.44. The standard InChI is InChI=1S/C16H18BrN5S2/c1-22(6-7-23-2)15-14-12(4-3-5-18-14)20-16(21-15)19-9-11-8-13(17)24-10-11/h3-5,8,10H,6-7,9H2,1-2H3,(H,19,20,21). The van der Waals surface area contributed by atoms with Crippen molar-refractivity contribution in [3.8, 4) is 0 Å². The zero-order chi connectivity index (χ0) is 16.9. The molecule has 0 fully saturated rings. The maximum Gasteiger partial charge on any atom is 0.225 e. The number of thioether (sulfide) groups is 1. The first kappa shape index (κ1) is 17.4. The van der Waals surface area contributed by atoms with Crippen LogP contribution in [0.2, 0.25) is 0 Å². The van der Waals surface area contributed by atoms with E-state index in [9.17, 15) is 0 Å². The second-order valence-electron chi connectivity index (χ2n) is 5.27. The van der Waals surface area contributed by atoms with Crippen molar-refractivity contribution in [2.24, 2.45) is 0 Å². The molecule has 0 atom stereocenters. The Morgan fingerprint density at radius 1 is 1.38 bits per heavy atom. The number of hydrogen-bond acceptors (Lipinski definition) is 7. The van der Waals surface area contributed by atoms with Gasteiger partial charge in [-0.2, -0.15) is 16.7 Å². The molecule has 0 saturated carbocycles. The Morgan fingerprint density at radius 2 is 2.25 bits per heavy atom. The van der Waals surface area contributed by atoms with Gasteiger partial charge in [-0.3, -0.25) is 4.98 Å². The van der Waals surface area contributed by atoms with E-state index < -0.39 is 0 Å². The summed E-state index contributed by atoms with van der Waals surface area (Å²) in [5.74, 6) is 2.54. The molecule has 0 radical (unpaired) electrons. The highest BCUT2D eigenvalue weighted by Crippen LogP contribution is 2.24. The largest absolute Gasteiger partial charge is 0.357 e. The van der Waals surface area contributed by atoms with Gasteiger partial charge in [-0.25, -0.2) is 4.98 Å². The summed E-state index contributed by atoms with van der Waals surface area (Å²) in [6.45, 7) is 1.61. The minimum Gasteiger partial charge on any atom is -0.357 e. The SMILES string of the molecule is CSCCN(C)c1nc(NCc2csc(Br)c2)nc2cccnc12. The van der Waals surface area contributed by atoms with Gasteiger partial charge in [-0.1, -0.05) is 0 Å². The molecule has 0 spiro atoms. The number of anilines is 2. The summed E-state index contributed by atoms with van der Waals surface area (Å²) in [5.41, 5.74) is 2.90. The molecule has 0 aliphatic heterocycles. The van der Waals surface area contributed by atoms with E-state index in [0.717, 1.165) is 32.9 Å². The summed E-state index contributed by atoms with van der Waals surface area (Å²) in [4.78, 5) is 15.9. The number of rotatable bonds is 7. The second-order valence-corrected chi connectivity index (χ2v) is 8.54. The van der Waals surface area contributed by atoms with Crippen LogP contribution >= 0.6 is 39.0 Å². The predicted octanol–water partition coefficient (Wildman–Crippen LogP) is 4.26. The summed E-state index contributed by atoms with van der Waals surface area (Å²) in [7, 11) is 2.05. The van der Waals surface area contributed by atoms with Crippen LogP contribution < -0.4 is 10.2 Å². The molecule has 8 heteroatoms. The third-order valence-corrected chi connectivity index (χ3v) is 5.65. The predicted molar refractivity (Wildman–Crippen MR) is 108 cm³/mol. The van der Waals surface area contributed by atoms with Gasteiger partial charge in [0.05, 0.1) is 9.30 Å².